The van der Waals surface area contributed by atoms with Crippen molar-refractivity contribution in [3.63, 3.8) is 0 Å². The molecule has 9 nitrogen and oxygen atoms in total. The molecule has 3 heterocycles. The Morgan fingerprint density at radius 3 is 2.50 bits per heavy atom. The fraction of sp³-hybridized carbons (Fsp3) is 0.346. The normalized spacial score (nSPS) is 27.3. The zero-order chi connectivity index (χ0) is 26.8. The van der Waals surface area contributed by atoms with E-state index >= 15 is 0 Å². The monoisotopic (exact) mass is 557 g/mol. The van der Waals surface area contributed by atoms with E-state index in [0.29, 0.717) is 24.8 Å². The minimum absolute atomic E-state index is 0.0325. The number of piperidine rings is 1. The van der Waals surface area contributed by atoms with Gasteiger partial charge in [-0.05, 0) is 54.7 Å². The number of halogens is 1. The highest BCUT2D eigenvalue weighted by Gasteiger charge is 2.52. The summed E-state index contributed by atoms with van der Waals surface area (Å²) in [4.78, 5) is 28.6. The van der Waals surface area contributed by atoms with E-state index in [4.69, 9.17) is 0 Å². The molecule has 1 N–H and O–H groups in total. The fourth-order valence-corrected chi connectivity index (χ4v) is 8.57. The van der Waals surface area contributed by atoms with Crippen molar-refractivity contribution < 1.29 is 30.8 Å². The number of allylic oxidation sites excluding steroid dienone is 1. The van der Waals surface area contributed by atoms with Crippen molar-refractivity contribution in [1.29, 1.82) is 0 Å². The van der Waals surface area contributed by atoms with Gasteiger partial charge in [0.2, 0.25) is 5.91 Å². The number of sulfone groups is 1. The number of carbonyl (C=O) groups is 2. The Morgan fingerprint density at radius 2 is 1.79 bits per heavy atom. The molecule has 6 rings (SSSR count). The van der Waals surface area contributed by atoms with Crippen molar-refractivity contribution in [3.05, 3.63) is 65.5 Å². The topological polar surface area (TPSA) is 130 Å². The number of Topliss-reactive ketones (excluding diaryl/α,β-unsaturated/α-hetero) is 1. The number of hydrogen-bond acceptors (Lipinski definition) is 7. The lowest BCUT2D eigenvalue weighted by molar-refractivity contribution is -0.149. The van der Waals surface area contributed by atoms with Crippen molar-refractivity contribution >= 4 is 48.0 Å². The number of fused-ring (bicyclic) bond motifs is 2. The Hall–Kier alpha value is -3.38. The van der Waals surface area contributed by atoms with Crippen LogP contribution in [0.25, 0.3) is 4.91 Å². The van der Waals surface area contributed by atoms with Crippen LogP contribution >= 0.6 is 0 Å². The van der Waals surface area contributed by atoms with Gasteiger partial charge in [0, 0.05) is 18.5 Å². The van der Waals surface area contributed by atoms with Crippen LogP contribution in [0.2, 0.25) is 0 Å². The fourth-order valence-electron chi connectivity index (χ4n) is 5.88. The van der Waals surface area contributed by atoms with Crippen LogP contribution in [0.15, 0.2) is 57.8 Å². The first-order valence-corrected chi connectivity index (χ1v) is 15.4. The third-order valence-corrected chi connectivity index (χ3v) is 10.9. The van der Waals surface area contributed by atoms with E-state index in [1.807, 2.05) is 0 Å². The lowest BCUT2D eigenvalue weighted by atomic mass is 9.81. The summed E-state index contributed by atoms with van der Waals surface area (Å²) in [5.74, 6) is -3.48. The van der Waals surface area contributed by atoms with Crippen molar-refractivity contribution in [2.45, 2.75) is 43.2 Å². The first-order valence-electron chi connectivity index (χ1n) is 12.3. The molecule has 0 bridgehead atoms. The standard InChI is InChI=1S/C26H24FN3O6S2/c27-17-9-6-15(7-10-17)14-30-20-4-1-3-18(20)24(31)23(26(30)32)25-28-19-11-8-16(13-22(19)38(35,36)29-25)21-5-2-12-37(21,33)34/h5-11,13,18,20,23H,1-4,12,14H2,(H,28,29)/t18-,20+,23?/m1/s1. The minimum Gasteiger partial charge on any atom is -0.341 e. The van der Waals surface area contributed by atoms with Crippen molar-refractivity contribution in [2.75, 3.05) is 11.1 Å². The zero-order valence-corrected chi connectivity index (χ0v) is 21.8. The number of amides is 1. The van der Waals surface area contributed by atoms with Crippen LogP contribution in [0.3, 0.4) is 0 Å². The van der Waals surface area contributed by atoms with E-state index in [-0.39, 0.29) is 51.0 Å². The van der Waals surface area contributed by atoms with Gasteiger partial charge in [-0.25, -0.2) is 12.8 Å². The number of anilines is 1. The molecule has 2 fully saturated rings. The van der Waals surface area contributed by atoms with Crippen LogP contribution in [-0.4, -0.2) is 51.1 Å². The third-order valence-electron chi connectivity index (χ3n) is 7.68. The maximum atomic E-state index is 13.7. The highest BCUT2D eigenvalue weighted by Crippen LogP contribution is 2.41. The Balaban J connectivity index is 1.35. The molecular weight excluding hydrogens is 533 g/mol. The Bertz CT molecular complexity index is 1650. The largest absolute Gasteiger partial charge is 0.341 e. The quantitative estimate of drug-likeness (QED) is 0.572. The number of carbonyl (C=O) groups excluding carboxylic acids is 2. The molecule has 1 saturated carbocycles. The molecule has 4 aliphatic rings. The summed E-state index contributed by atoms with van der Waals surface area (Å²) in [6.07, 6.45) is 3.89. The second kappa shape index (κ2) is 8.84. The van der Waals surface area contributed by atoms with Crippen LogP contribution in [0, 0.1) is 17.7 Å². The molecule has 0 spiro atoms. The summed E-state index contributed by atoms with van der Waals surface area (Å²) in [7, 11) is -7.84. The first-order chi connectivity index (χ1) is 18.0. The molecule has 12 heteroatoms. The van der Waals surface area contributed by atoms with Crippen molar-refractivity contribution in [3.8, 4) is 0 Å². The molecular formula is C26H24FN3O6S2. The molecule has 0 aromatic heterocycles. The van der Waals surface area contributed by atoms with Gasteiger partial charge in [0.05, 0.1) is 16.3 Å². The van der Waals surface area contributed by atoms with Gasteiger partial charge >= 0.3 is 0 Å². The van der Waals surface area contributed by atoms with Gasteiger partial charge in [-0.3, -0.25) is 9.59 Å². The lowest BCUT2D eigenvalue weighted by Gasteiger charge is -2.41. The summed E-state index contributed by atoms with van der Waals surface area (Å²) >= 11 is 0. The Labute approximate surface area is 219 Å². The molecule has 38 heavy (non-hydrogen) atoms. The molecule has 1 unspecified atom stereocenters. The van der Waals surface area contributed by atoms with Gasteiger partial charge in [-0.1, -0.05) is 30.7 Å². The number of benzene rings is 2. The predicted octanol–water partition coefficient (Wildman–Crippen LogP) is 2.89. The number of likely N-dealkylation sites (tertiary alicyclic amines) is 1. The van der Waals surface area contributed by atoms with Crippen LogP contribution < -0.4 is 5.32 Å². The van der Waals surface area contributed by atoms with E-state index in [9.17, 15) is 30.8 Å². The lowest BCUT2D eigenvalue weighted by Crippen LogP contribution is -2.58. The van der Waals surface area contributed by atoms with Crippen LogP contribution in [0.1, 0.15) is 36.8 Å². The maximum Gasteiger partial charge on any atom is 0.286 e. The zero-order valence-electron chi connectivity index (χ0n) is 20.1. The maximum absolute atomic E-state index is 13.7. The number of amidine groups is 1. The molecule has 2 aromatic carbocycles. The Kier molecular flexibility index (Phi) is 5.80. The number of hydrogen-bond donors (Lipinski definition) is 1. The highest BCUT2D eigenvalue weighted by atomic mass is 32.2. The average molecular weight is 558 g/mol. The van der Waals surface area contributed by atoms with Gasteiger partial charge in [0.25, 0.3) is 10.0 Å². The van der Waals surface area contributed by atoms with Gasteiger partial charge in [-0.2, -0.15) is 8.42 Å². The van der Waals surface area contributed by atoms with E-state index in [2.05, 4.69) is 9.71 Å². The van der Waals surface area contributed by atoms with Gasteiger partial charge < -0.3 is 10.2 Å². The smallest absolute Gasteiger partial charge is 0.286 e. The second-order valence-electron chi connectivity index (χ2n) is 10.00. The second-order valence-corrected chi connectivity index (χ2v) is 13.6. The molecule has 1 amide bonds. The van der Waals surface area contributed by atoms with E-state index in [1.54, 1.807) is 23.1 Å². The average Bonchev–Trinajstić information content (AvgIpc) is 3.49. The molecule has 1 saturated heterocycles. The molecule has 3 atom stereocenters. The summed E-state index contributed by atoms with van der Waals surface area (Å²) in [5, 5.41) is 2.88. The van der Waals surface area contributed by atoms with E-state index in [0.717, 1.165) is 6.42 Å². The summed E-state index contributed by atoms with van der Waals surface area (Å²) in [6.45, 7) is 0.160. The third kappa shape index (κ3) is 4.06. The number of sulfonamides is 1. The SMILES string of the molecule is O=C1C(C2=NS(=O)(=O)c3cc(C4=CCCS4(=O)=O)ccc3N2)C(=O)N(Cc2ccc(F)cc2)[C@H]2CCC[C@@H]12. The number of rotatable bonds is 4. The highest BCUT2D eigenvalue weighted by molar-refractivity contribution is 8.00. The Morgan fingerprint density at radius 1 is 1.03 bits per heavy atom. The summed E-state index contributed by atoms with van der Waals surface area (Å²) < 4.78 is 68.4. The molecule has 3 aliphatic heterocycles. The first kappa shape index (κ1) is 24.9. The van der Waals surface area contributed by atoms with Crippen molar-refractivity contribution in [2.24, 2.45) is 16.2 Å². The van der Waals surface area contributed by atoms with Crippen molar-refractivity contribution in [1.82, 2.24) is 4.90 Å². The molecule has 0 radical (unpaired) electrons. The van der Waals surface area contributed by atoms with Gasteiger partial charge in [0.1, 0.15) is 16.5 Å². The van der Waals surface area contributed by atoms with Gasteiger partial charge in [-0.15, -0.1) is 4.40 Å². The van der Waals surface area contributed by atoms with Crippen LogP contribution in [0.5, 0.6) is 0 Å². The molecule has 198 valence electrons. The van der Waals surface area contributed by atoms with Crippen LogP contribution in [-0.2, 0) is 36.0 Å². The van der Waals surface area contributed by atoms with Gasteiger partial charge in [0.15, 0.2) is 21.5 Å². The van der Waals surface area contributed by atoms with Crippen LogP contribution in [0.4, 0.5) is 10.1 Å². The molecule has 2 aromatic rings. The minimum atomic E-state index is -4.34. The van der Waals surface area contributed by atoms with E-state index < -0.39 is 43.4 Å². The predicted molar refractivity (Wildman–Crippen MR) is 138 cm³/mol. The summed E-state index contributed by atoms with van der Waals surface area (Å²) in [6, 6.07) is 9.62. The number of nitrogens with one attached hydrogen (secondary N) is 1. The number of ketones is 1. The number of nitrogens with zero attached hydrogens (tertiary/aromatic N) is 2. The molecule has 1 aliphatic carbocycles. The summed E-state index contributed by atoms with van der Waals surface area (Å²) in [5.41, 5.74) is 1.06. The van der Waals surface area contributed by atoms with E-state index in [1.165, 1.54) is 30.3 Å².